The molecule has 0 saturated carbocycles. The predicted molar refractivity (Wildman–Crippen MR) is 65.2 cm³/mol. The number of morpholine rings is 1. The maximum absolute atomic E-state index is 5.65. The molecule has 2 nitrogen and oxygen atoms in total. The van der Waals surface area contributed by atoms with Crippen LogP contribution in [0.25, 0.3) is 0 Å². The zero-order chi connectivity index (χ0) is 11.1. The van der Waals surface area contributed by atoms with Crippen LogP contribution in [-0.2, 0) is 4.74 Å². The average Bonchev–Trinajstić information content (AvgIpc) is 2.29. The van der Waals surface area contributed by atoms with Crippen molar-refractivity contribution in [1.82, 2.24) is 4.90 Å². The SMILES string of the molecule is CCCC(CCC)C1COCCN1CC. The summed E-state index contributed by atoms with van der Waals surface area (Å²) >= 11 is 0. The number of hydrogen-bond donors (Lipinski definition) is 0. The minimum atomic E-state index is 0.684. The molecule has 0 amide bonds. The molecule has 0 aromatic heterocycles. The third-order valence-corrected chi connectivity index (χ3v) is 3.55. The summed E-state index contributed by atoms with van der Waals surface area (Å²) in [4.78, 5) is 2.61. The van der Waals surface area contributed by atoms with Gasteiger partial charge in [0.15, 0.2) is 0 Å². The first kappa shape index (κ1) is 13.0. The average molecular weight is 213 g/mol. The van der Waals surface area contributed by atoms with Crippen LogP contribution in [0.2, 0.25) is 0 Å². The monoisotopic (exact) mass is 213 g/mol. The van der Waals surface area contributed by atoms with Gasteiger partial charge < -0.3 is 4.74 Å². The molecule has 1 aliphatic rings. The van der Waals surface area contributed by atoms with Gasteiger partial charge in [-0.1, -0.05) is 33.6 Å². The predicted octanol–water partition coefficient (Wildman–Crippen LogP) is 2.92. The van der Waals surface area contributed by atoms with E-state index >= 15 is 0 Å². The largest absolute Gasteiger partial charge is 0.378 e. The van der Waals surface area contributed by atoms with E-state index in [0.717, 1.165) is 25.7 Å². The normalized spacial score (nSPS) is 23.6. The van der Waals surface area contributed by atoms with E-state index in [1.54, 1.807) is 0 Å². The molecule has 0 spiro atoms. The van der Waals surface area contributed by atoms with Crippen LogP contribution in [0.5, 0.6) is 0 Å². The Labute approximate surface area is 95.0 Å². The zero-order valence-corrected chi connectivity index (χ0v) is 10.7. The van der Waals surface area contributed by atoms with Crippen LogP contribution in [0.15, 0.2) is 0 Å². The quantitative estimate of drug-likeness (QED) is 0.672. The van der Waals surface area contributed by atoms with E-state index in [1.165, 1.54) is 32.2 Å². The van der Waals surface area contributed by atoms with Crippen molar-refractivity contribution in [3.05, 3.63) is 0 Å². The molecule has 1 atom stereocenters. The lowest BCUT2D eigenvalue weighted by molar-refractivity contribution is -0.0308. The van der Waals surface area contributed by atoms with Crippen molar-refractivity contribution in [1.29, 1.82) is 0 Å². The minimum absolute atomic E-state index is 0.684. The van der Waals surface area contributed by atoms with Crippen LogP contribution in [0, 0.1) is 5.92 Å². The van der Waals surface area contributed by atoms with Gasteiger partial charge in [-0.3, -0.25) is 4.90 Å². The van der Waals surface area contributed by atoms with E-state index in [0.29, 0.717) is 6.04 Å². The van der Waals surface area contributed by atoms with Crippen LogP contribution in [0.3, 0.4) is 0 Å². The second-order valence-electron chi connectivity index (χ2n) is 4.61. The topological polar surface area (TPSA) is 12.5 Å². The fourth-order valence-corrected chi connectivity index (χ4v) is 2.75. The molecule has 1 rings (SSSR count). The molecule has 0 aliphatic carbocycles. The first-order valence-corrected chi connectivity index (χ1v) is 6.65. The van der Waals surface area contributed by atoms with Gasteiger partial charge in [0.1, 0.15) is 0 Å². The van der Waals surface area contributed by atoms with Crippen molar-refractivity contribution in [2.75, 3.05) is 26.3 Å². The fraction of sp³-hybridized carbons (Fsp3) is 1.00. The van der Waals surface area contributed by atoms with E-state index in [-0.39, 0.29) is 0 Å². The highest BCUT2D eigenvalue weighted by Gasteiger charge is 2.28. The van der Waals surface area contributed by atoms with Gasteiger partial charge in [0.05, 0.1) is 13.2 Å². The van der Waals surface area contributed by atoms with Gasteiger partial charge in [-0.25, -0.2) is 0 Å². The van der Waals surface area contributed by atoms with Crippen molar-refractivity contribution in [2.45, 2.75) is 52.5 Å². The van der Waals surface area contributed by atoms with E-state index < -0.39 is 0 Å². The molecule has 1 fully saturated rings. The lowest BCUT2D eigenvalue weighted by Gasteiger charge is -2.39. The smallest absolute Gasteiger partial charge is 0.0625 e. The van der Waals surface area contributed by atoms with Gasteiger partial charge in [-0.15, -0.1) is 0 Å². The summed E-state index contributed by atoms with van der Waals surface area (Å²) in [6.45, 7) is 11.1. The van der Waals surface area contributed by atoms with Crippen LogP contribution in [-0.4, -0.2) is 37.2 Å². The molecule has 1 heterocycles. The van der Waals surface area contributed by atoms with Gasteiger partial charge in [0.25, 0.3) is 0 Å². The molecule has 1 aliphatic heterocycles. The first-order chi connectivity index (χ1) is 7.33. The number of hydrogen-bond acceptors (Lipinski definition) is 2. The first-order valence-electron chi connectivity index (χ1n) is 6.65. The Hall–Kier alpha value is -0.0800. The van der Waals surface area contributed by atoms with Gasteiger partial charge in [0.2, 0.25) is 0 Å². The molecular weight excluding hydrogens is 186 g/mol. The molecule has 2 heteroatoms. The van der Waals surface area contributed by atoms with Crippen molar-refractivity contribution < 1.29 is 4.74 Å². The Morgan fingerprint density at radius 1 is 1.20 bits per heavy atom. The molecular formula is C13H27NO. The zero-order valence-electron chi connectivity index (χ0n) is 10.7. The number of nitrogens with zero attached hydrogens (tertiary/aromatic N) is 1. The third kappa shape index (κ3) is 3.76. The molecule has 0 bridgehead atoms. The summed E-state index contributed by atoms with van der Waals surface area (Å²) in [5.74, 6) is 0.847. The molecule has 0 aromatic carbocycles. The summed E-state index contributed by atoms with van der Waals surface area (Å²) in [6, 6.07) is 0.684. The highest BCUT2D eigenvalue weighted by atomic mass is 16.5. The molecule has 1 unspecified atom stereocenters. The van der Waals surface area contributed by atoms with Crippen LogP contribution in [0.4, 0.5) is 0 Å². The summed E-state index contributed by atoms with van der Waals surface area (Å²) in [5, 5.41) is 0. The summed E-state index contributed by atoms with van der Waals surface area (Å²) in [6.07, 6.45) is 5.33. The van der Waals surface area contributed by atoms with Gasteiger partial charge >= 0.3 is 0 Å². The Kier molecular flexibility index (Phi) is 6.26. The van der Waals surface area contributed by atoms with Gasteiger partial charge in [-0.05, 0) is 25.3 Å². The summed E-state index contributed by atoms with van der Waals surface area (Å²) in [7, 11) is 0. The third-order valence-electron chi connectivity index (χ3n) is 3.55. The molecule has 1 saturated heterocycles. The number of rotatable bonds is 6. The van der Waals surface area contributed by atoms with Crippen molar-refractivity contribution in [3.63, 3.8) is 0 Å². The highest BCUT2D eigenvalue weighted by molar-refractivity contribution is 4.81. The maximum Gasteiger partial charge on any atom is 0.0625 e. The highest BCUT2D eigenvalue weighted by Crippen LogP contribution is 2.24. The van der Waals surface area contributed by atoms with E-state index in [4.69, 9.17) is 4.74 Å². The second kappa shape index (κ2) is 7.24. The van der Waals surface area contributed by atoms with Gasteiger partial charge in [-0.2, -0.15) is 0 Å². The maximum atomic E-state index is 5.65. The Bertz CT molecular complexity index is 155. The van der Waals surface area contributed by atoms with Crippen molar-refractivity contribution >= 4 is 0 Å². The fourth-order valence-electron chi connectivity index (χ4n) is 2.75. The molecule has 0 N–H and O–H groups in total. The second-order valence-corrected chi connectivity index (χ2v) is 4.61. The Balaban J connectivity index is 2.53. The van der Waals surface area contributed by atoms with Crippen molar-refractivity contribution in [3.8, 4) is 0 Å². The van der Waals surface area contributed by atoms with E-state index in [1.807, 2.05) is 0 Å². The minimum Gasteiger partial charge on any atom is -0.378 e. The molecule has 0 aromatic rings. The van der Waals surface area contributed by atoms with Crippen molar-refractivity contribution in [2.24, 2.45) is 5.92 Å². The summed E-state index contributed by atoms with van der Waals surface area (Å²) in [5.41, 5.74) is 0. The number of likely N-dealkylation sites (N-methyl/N-ethyl adjacent to an activating group) is 1. The Morgan fingerprint density at radius 2 is 1.87 bits per heavy atom. The van der Waals surface area contributed by atoms with E-state index in [2.05, 4.69) is 25.7 Å². The summed E-state index contributed by atoms with van der Waals surface area (Å²) < 4.78 is 5.65. The van der Waals surface area contributed by atoms with Crippen LogP contribution >= 0.6 is 0 Å². The lowest BCUT2D eigenvalue weighted by Crippen LogP contribution is -2.49. The van der Waals surface area contributed by atoms with Crippen LogP contribution < -0.4 is 0 Å². The standard InChI is InChI=1S/C13H27NO/c1-4-7-12(8-5-2)13-11-15-10-9-14(13)6-3/h12-13H,4-11H2,1-3H3. The Morgan fingerprint density at radius 3 is 2.40 bits per heavy atom. The van der Waals surface area contributed by atoms with Crippen LogP contribution in [0.1, 0.15) is 46.5 Å². The molecule has 15 heavy (non-hydrogen) atoms. The molecule has 0 radical (unpaired) electrons. The van der Waals surface area contributed by atoms with E-state index in [9.17, 15) is 0 Å². The van der Waals surface area contributed by atoms with Gasteiger partial charge in [0, 0.05) is 12.6 Å². The lowest BCUT2D eigenvalue weighted by atomic mass is 9.89. The number of ether oxygens (including phenoxy) is 1. The molecule has 90 valence electrons.